The summed E-state index contributed by atoms with van der Waals surface area (Å²) in [7, 11) is 1.60. The monoisotopic (exact) mass is 481 g/mol. The van der Waals surface area contributed by atoms with Gasteiger partial charge in [-0.05, 0) is 56.7 Å². The largest absolute Gasteiger partial charge is 0.439 e. The normalized spacial score (nSPS) is 10.8. The molecular formula is C23H20ClN5O3S. The summed E-state index contributed by atoms with van der Waals surface area (Å²) in [6, 6.07) is 10.3. The number of carbonyl (C=O) groups excluding carboxylic acids is 1. The van der Waals surface area contributed by atoms with E-state index in [2.05, 4.69) is 20.4 Å². The van der Waals surface area contributed by atoms with E-state index in [1.807, 2.05) is 13.8 Å². The number of hydrogen-bond donors (Lipinski definition) is 1. The van der Waals surface area contributed by atoms with E-state index in [-0.39, 0.29) is 11.5 Å². The predicted octanol–water partition coefficient (Wildman–Crippen LogP) is 4.92. The van der Waals surface area contributed by atoms with Gasteiger partial charge in [0.2, 0.25) is 5.88 Å². The van der Waals surface area contributed by atoms with E-state index < -0.39 is 0 Å². The van der Waals surface area contributed by atoms with Crippen molar-refractivity contribution >= 4 is 34.5 Å². The molecule has 4 aromatic rings. The van der Waals surface area contributed by atoms with Gasteiger partial charge in [-0.2, -0.15) is 5.10 Å². The van der Waals surface area contributed by atoms with Gasteiger partial charge in [-0.1, -0.05) is 11.6 Å². The number of nitrogens with zero attached hydrogens (tertiary/aromatic N) is 4. The SMILES string of the molecule is Cc1nc(-c2c(C)c(C)nn(C)c2=O)sc1C(=O)Nc1ccc(Oc2ccc(Cl)cc2)nc1. The minimum Gasteiger partial charge on any atom is -0.439 e. The van der Waals surface area contributed by atoms with Crippen LogP contribution in [0.4, 0.5) is 5.69 Å². The first kappa shape index (κ1) is 22.6. The zero-order valence-corrected chi connectivity index (χ0v) is 19.9. The van der Waals surface area contributed by atoms with Crippen LogP contribution in [-0.2, 0) is 7.05 Å². The number of halogens is 1. The highest BCUT2D eigenvalue weighted by atomic mass is 35.5. The van der Waals surface area contributed by atoms with Crippen molar-refractivity contribution in [2.24, 2.45) is 7.05 Å². The molecule has 4 rings (SSSR count). The molecule has 1 N–H and O–H groups in total. The molecular weight excluding hydrogens is 462 g/mol. The molecule has 1 aromatic carbocycles. The van der Waals surface area contributed by atoms with Crippen LogP contribution in [0.2, 0.25) is 5.02 Å². The second-order valence-electron chi connectivity index (χ2n) is 7.34. The molecule has 0 aliphatic carbocycles. The second kappa shape index (κ2) is 9.13. The molecule has 8 nitrogen and oxygen atoms in total. The molecule has 3 aromatic heterocycles. The average molecular weight is 482 g/mol. The summed E-state index contributed by atoms with van der Waals surface area (Å²) in [4.78, 5) is 34.7. The van der Waals surface area contributed by atoms with E-state index in [0.29, 0.717) is 43.5 Å². The van der Waals surface area contributed by atoms with Gasteiger partial charge in [-0.3, -0.25) is 9.59 Å². The first-order valence-corrected chi connectivity index (χ1v) is 11.2. The molecule has 33 heavy (non-hydrogen) atoms. The highest BCUT2D eigenvalue weighted by Crippen LogP contribution is 2.29. The Morgan fingerprint density at radius 2 is 1.82 bits per heavy atom. The van der Waals surface area contributed by atoms with Crippen molar-refractivity contribution in [3.8, 4) is 22.2 Å². The number of aryl methyl sites for hydroxylation is 3. The number of hydrogen-bond acceptors (Lipinski definition) is 7. The van der Waals surface area contributed by atoms with Crippen LogP contribution in [-0.4, -0.2) is 25.7 Å². The molecule has 168 valence electrons. The Morgan fingerprint density at radius 1 is 1.09 bits per heavy atom. The van der Waals surface area contributed by atoms with Crippen molar-refractivity contribution in [3.05, 3.63) is 79.8 Å². The summed E-state index contributed by atoms with van der Waals surface area (Å²) in [5.41, 5.74) is 2.74. The van der Waals surface area contributed by atoms with Crippen LogP contribution >= 0.6 is 22.9 Å². The fraction of sp³-hybridized carbons (Fsp3) is 0.174. The molecule has 0 atom stereocenters. The molecule has 0 aliphatic heterocycles. The Balaban J connectivity index is 1.52. The zero-order chi connectivity index (χ0) is 23.7. The molecule has 0 aliphatic rings. The number of thiazole rings is 1. The Kier molecular flexibility index (Phi) is 6.26. The van der Waals surface area contributed by atoms with E-state index in [0.717, 1.165) is 11.3 Å². The predicted molar refractivity (Wildman–Crippen MR) is 129 cm³/mol. The maximum absolute atomic E-state index is 12.9. The number of aromatic nitrogens is 4. The van der Waals surface area contributed by atoms with Gasteiger partial charge in [0, 0.05) is 18.1 Å². The zero-order valence-electron chi connectivity index (χ0n) is 18.3. The molecule has 0 saturated heterocycles. The molecule has 0 saturated carbocycles. The van der Waals surface area contributed by atoms with Crippen molar-refractivity contribution in [1.82, 2.24) is 19.7 Å². The van der Waals surface area contributed by atoms with Gasteiger partial charge in [0.1, 0.15) is 15.6 Å². The van der Waals surface area contributed by atoms with Gasteiger partial charge < -0.3 is 10.1 Å². The Morgan fingerprint density at radius 3 is 2.48 bits per heavy atom. The van der Waals surface area contributed by atoms with E-state index in [4.69, 9.17) is 16.3 Å². The number of ether oxygens (including phenoxy) is 1. The smallest absolute Gasteiger partial charge is 0.277 e. The van der Waals surface area contributed by atoms with E-state index in [1.54, 1.807) is 50.4 Å². The quantitative estimate of drug-likeness (QED) is 0.434. The van der Waals surface area contributed by atoms with Crippen LogP contribution in [0.25, 0.3) is 10.6 Å². The molecule has 0 fully saturated rings. The lowest BCUT2D eigenvalue weighted by Crippen LogP contribution is -2.23. The molecule has 3 heterocycles. The van der Waals surface area contributed by atoms with Gasteiger partial charge >= 0.3 is 0 Å². The third-order valence-corrected chi connectivity index (χ3v) is 6.40. The first-order valence-electron chi connectivity index (χ1n) is 9.96. The van der Waals surface area contributed by atoms with Crippen LogP contribution < -0.4 is 15.6 Å². The first-order chi connectivity index (χ1) is 15.7. The summed E-state index contributed by atoms with van der Waals surface area (Å²) in [6.45, 7) is 5.40. The molecule has 0 bridgehead atoms. The number of benzene rings is 1. The van der Waals surface area contributed by atoms with E-state index in [1.165, 1.54) is 22.2 Å². The molecule has 0 spiro atoms. The maximum atomic E-state index is 12.9. The summed E-state index contributed by atoms with van der Waals surface area (Å²) in [6.07, 6.45) is 1.51. The van der Waals surface area contributed by atoms with Crippen LogP contribution in [0.3, 0.4) is 0 Å². The van der Waals surface area contributed by atoms with Crippen LogP contribution in [0.15, 0.2) is 47.4 Å². The second-order valence-corrected chi connectivity index (χ2v) is 8.78. The van der Waals surface area contributed by atoms with Crippen molar-refractivity contribution in [3.63, 3.8) is 0 Å². The fourth-order valence-electron chi connectivity index (χ4n) is 3.14. The average Bonchev–Trinajstić information content (AvgIpc) is 3.17. The Hall–Kier alpha value is -3.56. The summed E-state index contributed by atoms with van der Waals surface area (Å²) in [5, 5.41) is 8.12. The van der Waals surface area contributed by atoms with Crippen LogP contribution in [0.5, 0.6) is 11.6 Å². The van der Waals surface area contributed by atoms with Gasteiger partial charge in [-0.25, -0.2) is 14.6 Å². The van der Waals surface area contributed by atoms with E-state index >= 15 is 0 Å². The summed E-state index contributed by atoms with van der Waals surface area (Å²) in [5.74, 6) is 0.653. The number of anilines is 1. The minimum absolute atomic E-state index is 0.251. The highest BCUT2D eigenvalue weighted by molar-refractivity contribution is 7.17. The number of amides is 1. The molecule has 10 heteroatoms. The van der Waals surface area contributed by atoms with Gasteiger partial charge in [0.25, 0.3) is 11.5 Å². The number of carbonyl (C=O) groups is 1. The van der Waals surface area contributed by atoms with E-state index in [9.17, 15) is 9.59 Å². The molecule has 1 amide bonds. The number of pyridine rings is 1. The van der Waals surface area contributed by atoms with Gasteiger partial charge in [0.05, 0.1) is 28.8 Å². The van der Waals surface area contributed by atoms with Gasteiger partial charge in [0.15, 0.2) is 0 Å². The lowest BCUT2D eigenvalue weighted by molar-refractivity contribution is 0.102. The maximum Gasteiger partial charge on any atom is 0.277 e. The third kappa shape index (κ3) is 4.79. The Bertz CT molecular complexity index is 1400. The van der Waals surface area contributed by atoms with Crippen molar-refractivity contribution < 1.29 is 9.53 Å². The fourth-order valence-corrected chi connectivity index (χ4v) is 4.32. The summed E-state index contributed by atoms with van der Waals surface area (Å²) >= 11 is 7.05. The topological polar surface area (TPSA) is 99.0 Å². The van der Waals surface area contributed by atoms with Gasteiger partial charge in [-0.15, -0.1) is 11.3 Å². The molecule has 0 unspecified atom stereocenters. The third-order valence-electron chi connectivity index (χ3n) is 4.97. The lowest BCUT2D eigenvalue weighted by atomic mass is 10.1. The lowest BCUT2D eigenvalue weighted by Gasteiger charge is -2.07. The van der Waals surface area contributed by atoms with Crippen molar-refractivity contribution in [2.75, 3.05) is 5.32 Å². The van der Waals surface area contributed by atoms with Crippen molar-refractivity contribution in [1.29, 1.82) is 0 Å². The minimum atomic E-state index is -0.329. The Labute approximate surface area is 198 Å². The van der Waals surface area contributed by atoms with Crippen LogP contribution in [0, 0.1) is 20.8 Å². The number of nitrogens with one attached hydrogen (secondary N) is 1. The van der Waals surface area contributed by atoms with Crippen LogP contribution in [0.1, 0.15) is 26.6 Å². The summed E-state index contributed by atoms with van der Waals surface area (Å²) < 4.78 is 6.95. The number of rotatable bonds is 5. The van der Waals surface area contributed by atoms with Crippen molar-refractivity contribution in [2.45, 2.75) is 20.8 Å². The highest BCUT2D eigenvalue weighted by Gasteiger charge is 2.21. The molecule has 0 radical (unpaired) electrons. The standard InChI is InChI=1S/C23H20ClN5O3S/c1-12-13(2)28-29(4)23(31)19(12)22-26-14(3)20(33-22)21(30)27-16-7-10-18(25-11-16)32-17-8-5-15(24)6-9-17/h5-11H,1-4H3,(H,27,30).